The van der Waals surface area contributed by atoms with Crippen LogP contribution in [-0.4, -0.2) is 55.1 Å². The summed E-state index contributed by atoms with van der Waals surface area (Å²) < 4.78 is 18.5. The van der Waals surface area contributed by atoms with E-state index in [4.69, 9.17) is 4.74 Å². The Kier molecular flexibility index (Phi) is 6.41. The van der Waals surface area contributed by atoms with Crippen LogP contribution in [0.1, 0.15) is 30.4 Å². The van der Waals surface area contributed by atoms with Crippen LogP contribution in [0.15, 0.2) is 30.3 Å². The third-order valence-electron chi connectivity index (χ3n) is 4.65. The van der Waals surface area contributed by atoms with E-state index in [1.807, 2.05) is 32.1 Å². The fraction of sp³-hybridized carbons (Fsp3) is 0.450. The summed E-state index contributed by atoms with van der Waals surface area (Å²) in [5, 5.41) is 3.11. The lowest BCUT2D eigenvalue weighted by atomic mass is 10.2. The van der Waals surface area contributed by atoms with E-state index in [2.05, 4.69) is 15.3 Å². The van der Waals surface area contributed by atoms with Crippen molar-refractivity contribution in [1.29, 1.82) is 0 Å². The third-order valence-corrected chi connectivity index (χ3v) is 4.65. The van der Waals surface area contributed by atoms with Crippen LogP contribution in [0, 0.1) is 5.82 Å². The van der Waals surface area contributed by atoms with E-state index in [9.17, 15) is 9.18 Å². The van der Waals surface area contributed by atoms with Crippen LogP contribution in [0.2, 0.25) is 0 Å². The molecular formula is C20H26FN5O2. The van der Waals surface area contributed by atoms with Crippen molar-refractivity contribution in [1.82, 2.24) is 20.2 Å². The van der Waals surface area contributed by atoms with Crippen LogP contribution in [0.4, 0.5) is 10.2 Å². The Morgan fingerprint density at radius 3 is 2.75 bits per heavy atom. The topological polar surface area (TPSA) is 70.6 Å². The minimum Gasteiger partial charge on any atom is -0.484 e. The second kappa shape index (κ2) is 8.97. The third kappa shape index (κ3) is 4.75. The van der Waals surface area contributed by atoms with E-state index < -0.39 is 0 Å². The van der Waals surface area contributed by atoms with E-state index in [1.165, 1.54) is 24.3 Å². The number of carbonyl (C=O) groups excluding carboxylic acids is 1. The molecule has 1 aliphatic heterocycles. The number of carbonyl (C=O) groups is 1. The number of nitrogens with one attached hydrogen (secondary N) is 1. The van der Waals surface area contributed by atoms with Gasteiger partial charge in [-0.1, -0.05) is 0 Å². The van der Waals surface area contributed by atoms with Crippen molar-refractivity contribution in [2.24, 2.45) is 0 Å². The predicted octanol–water partition coefficient (Wildman–Crippen LogP) is 2.14. The molecule has 1 aromatic heterocycles. The fourth-order valence-corrected chi connectivity index (χ4v) is 3.25. The molecule has 1 aromatic carbocycles. The van der Waals surface area contributed by atoms with E-state index >= 15 is 0 Å². The first-order valence-electron chi connectivity index (χ1n) is 9.35. The first-order chi connectivity index (χ1) is 13.5. The number of anilines is 1. The molecule has 1 fully saturated rings. The number of amides is 1. The van der Waals surface area contributed by atoms with Crippen LogP contribution in [0.5, 0.6) is 5.75 Å². The highest BCUT2D eigenvalue weighted by atomic mass is 19.1. The average Bonchev–Trinajstić information content (AvgIpc) is 3.17. The molecule has 1 aliphatic rings. The molecule has 8 heteroatoms. The SMILES string of the molecule is CNCc1cc(N(C)C)nc(C2CCCN2C(=O)COc2ccc(F)cc2)n1. The zero-order chi connectivity index (χ0) is 20.1. The Bertz CT molecular complexity index is 813. The maximum Gasteiger partial charge on any atom is 0.261 e. The number of aromatic nitrogens is 2. The van der Waals surface area contributed by atoms with Gasteiger partial charge in [-0.15, -0.1) is 0 Å². The summed E-state index contributed by atoms with van der Waals surface area (Å²) in [5.41, 5.74) is 0.887. The van der Waals surface area contributed by atoms with Crippen molar-refractivity contribution in [3.8, 4) is 5.75 Å². The van der Waals surface area contributed by atoms with Crippen molar-refractivity contribution in [3.63, 3.8) is 0 Å². The van der Waals surface area contributed by atoms with Crippen LogP contribution < -0.4 is 15.0 Å². The van der Waals surface area contributed by atoms with Gasteiger partial charge in [-0.05, 0) is 44.2 Å². The van der Waals surface area contributed by atoms with Crippen molar-refractivity contribution >= 4 is 11.7 Å². The number of nitrogens with zero attached hydrogens (tertiary/aromatic N) is 4. The Hall–Kier alpha value is -2.74. The number of ether oxygens (including phenoxy) is 1. The number of hydrogen-bond donors (Lipinski definition) is 1. The maximum absolute atomic E-state index is 13.0. The lowest BCUT2D eigenvalue weighted by Gasteiger charge is -2.25. The zero-order valence-electron chi connectivity index (χ0n) is 16.5. The molecule has 1 amide bonds. The van der Waals surface area contributed by atoms with Crippen LogP contribution in [0.25, 0.3) is 0 Å². The van der Waals surface area contributed by atoms with Crippen molar-refractivity contribution in [2.75, 3.05) is 39.2 Å². The molecule has 0 radical (unpaired) electrons. The number of benzene rings is 1. The molecule has 0 saturated carbocycles. The second-order valence-electron chi connectivity index (χ2n) is 6.99. The second-order valence-corrected chi connectivity index (χ2v) is 6.99. The highest BCUT2D eigenvalue weighted by Gasteiger charge is 2.32. The zero-order valence-corrected chi connectivity index (χ0v) is 16.5. The molecule has 1 N–H and O–H groups in total. The summed E-state index contributed by atoms with van der Waals surface area (Å²) in [6.07, 6.45) is 1.71. The Balaban J connectivity index is 1.74. The molecule has 0 spiro atoms. The molecule has 1 saturated heterocycles. The van der Waals surface area contributed by atoms with Crippen molar-refractivity contribution in [3.05, 3.63) is 47.7 Å². The summed E-state index contributed by atoms with van der Waals surface area (Å²) in [4.78, 5) is 25.8. The molecular weight excluding hydrogens is 361 g/mol. The number of halogens is 1. The molecule has 2 heterocycles. The molecule has 1 unspecified atom stereocenters. The molecule has 0 bridgehead atoms. The number of rotatable bonds is 7. The summed E-state index contributed by atoms with van der Waals surface area (Å²) >= 11 is 0. The van der Waals surface area contributed by atoms with E-state index in [1.54, 1.807) is 4.90 Å². The van der Waals surface area contributed by atoms with Gasteiger partial charge in [0.2, 0.25) is 0 Å². The molecule has 3 rings (SSSR count). The minimum atomic E-state index is -0.339. The monoisotopic (exact) mass is 387 g/mol. The van der Waals surface area contributed by atoms with Gasteiger partial charge < -0.3 is 19.9 Å². The highest BCUT2D eigenvalue weighted by molar-refractivity contribution is 5.78. The minimum absolute atomic E-state index is 0.0983. The molecule has 28 heavy (non-hydrogen) atoms. The first kappa shape index (κ1) is 20.0. The maximum atomic E-state index is 13.0. The smallest absolute Gasteiger partial charge is 0.261 e. The molecule has 0 aliphatic carbocycles. The van der Waals surface area contributed by atoms with Crippen LogP contribution in [-0.2, 0) is 11.3 Å². The summed E-state index contributed by atoms with van der Waals surface area (Å²) in [6, 6.07) is 7.42. The highest BCUT2D eigenvalue weighted by Crippen LogP contribution is 2.31. The molecule has 7 nitrogen and oxygen atoms in total. The normalized spacial score (nSPS) is 16.3. The summed E-state index contributed by atoms with van der Waals surface area (Å²) in [5.74, 6) is 1.48. The summed E-state index contributed by atoms with van der Waals surface area (Å²) in [6.45, 7) is 1.18. The Morgan fingerprint density at radius 1 is 1.32 bits per heavy atom. The van der Waals surface area contributed by atoms with Crippen molar-refractivity contribution in [2.45, 2.75) is 25.4 Å². The predicted molar refractivity (Wildman–Crippen MR) is 105 cm³/mol. The Morgan fingerprint density at radius 2 is 2.07 bits per heavy atom. The quantitative estimate of drug-likeness (QED) is 0.785. The van der Waals surface area contributed by atoms with Gasteiger partial charge in [-0.3, -0.25) is 4.79 Å². The van der Waals surface area contributed by atoms with Gasteiger partial charge in [0.05, 0.1) is 11.7 Å². The van der Waals surface area contributed by atoms with Gasteiger partial charge in [-0.2, -0.15) is 0 Å². The summed E-state index contributed by atoms with van der Waals surface area (Å²) in [7, 11) is 5.74. The van der Waals surface area contributed by atoms with Gasteiger partial charge >= 0.3 is 0 Å². The fourth-order valence-electron chi connectivity index (χ4n) is 3.25. The average molecular weight is 387 g/mol. The van der Waals surface area contributed by atoms with Gasteiger partial charge in [0.25, 0.3) is 5.91 Å². The van der Waals surface area contributed by atoms with Gasteiger partial charge in [0, 0.05) is 33.3 Å². The largest absolute Gasteiger partial charge is 0.484 e. The number of likely N-dealkylation sites (tertiary alicyclic amines) is 1. The van der Waals surface area contributed by atoms with E-state index in [0.29, 0.717) is 24.7 Å². The lowest BCUT2D eigenvalue weighted by Crippen LogP contribution is -2.35. The number of hydrogen-bond acceptors (Lipinski definition) is 6. The van der Waals surface area contributed by atoms with Gasteiger partial charge in [0.15, 0.2) is 12.4 Å². The standard InChI is InChI=1S/C20H26FN5O2/c1-22-12-15-11-18(25(2)3)24-20(23-15)17-5-4-10-26(17)19(27)13-28-16-8-6-14(21)7-9-16/h6-9,11,17,22H,4-5,10,12-13H2,1-3H3. The molecule has 1 atom stereocenters. The van der Waals surface area contributed by atoms with Crippen LogP contribution >= 0.6 is 0 Å². The van der Waals surface area contributed by atoms with Gasteiger partial charge in [0.1, 0.15) is 17.4 Å². The van der Waals surface area contributed by atoms with Crippen molar-refractivity contribution < 1.29 is 13.9 Å². The van der Waals surface area contributed by atoms with Gasteiger partial charge in [-0.25, -0.2) is 14.4 Å². The molecule has 150 valence electrons. The lowest BCUT2D eigenvalue weighted by molar-refractivity contribution is -0.134. The Labute approximate surface area is 164 Å². The van der Waals surface area contributed by atoms with Crippen LogP contribution in [0.3, 0.4) is 0 Å². The van der Waals surface area contributed by atoms with E-state index in [-0.39, 0.29) is 24.4 Å². The first-order valence-corrected chi connectivity index (χ1v) is 9.35. The van der Waals surface area contributed by atoms with E-state index in [0.717, 1.165) is 24.4 Å². The molecule has 2 aromatic rings.